The van der Waals surface area contributed by atoms with E-state index < -0.39 is 0 Å². The second-order valence-corrected chi connectivity index (χ2v) is 7.05. The third kappa shape index (κ3) is 4.28. The van der Waals surface area contributed by atoms with E-state index in [1.807, 2.05) is 60.7 Å². The molecule has 29 heavy (non-hydrogen) atoms. The van der Waals surface area contributed by atoms with Gasteiger partial charge in [-0.2, -0.15) is 0 Å². The van der Waals surface area contributed by atoms with E-state index in [1.54, 1.807) is 19.2 Å². The van der Waals surface area contributed by atoms with Gasteiger partial charge in [0.15, 0.2) is 17.3 Å². The SMILES string of the molecule is COc1cc(/C=C2/COc3ccccc3C2=O)ccc1OCc1ccc(Cl)cc1. The molecule has 4 nitrogen and oxygen atoms in total. The van der Waals surface area contributed by atoms with Crippen molar-refractivity contribution in [2.24, 2.45) is 0 Å². The molecule has 0 unspecified atom stereocenters. The maximum Gasteiger partial charge on any atom is 0.196 e. The normalized spacial score (nSPS) is 14.3. The number of benzene rings is 3. The summed E-state index contributed by atoms with van der Waals surface area (Å²) in [5, 5.41) is 0.688. The van der Waals surface area contributed by atoms with Crippen LogP contribution in [0.2, 0.25) is 5.02 Å². The molecule has 0 spiro atoms. The van der Waals surface area contributed by atoms with Crippen LogP contribution in [0.25, 0.3) is 6.08 Å². The van der Waals surface area contributed by atoms with Gasteiger partial charge in [0, 0.05) is 10.6 Å². The molecule has 0 saturated heterocycles. The number of para-hydroxylation sites is 1. The third-order valence-corrected chi connectivity index (χ3v) is 4.89. The summed E-state index contributed by atoms with van der Waals surface area (Å²) in [6.45, 7) is 0.643. The van der Waals surface area contributed by atoms with E-state index in [1.165, 1.54) is 0 Å². The van der Waals surface area contributed by atoms with Gasteiger partial charge in [-0.25, -0.2) is 0 Å². The molecule has 146 valence electrons. The largest absolute Gasteiger partial charge is 0.493 e. The first-order chi connectivity index (χ1) is 14.1. The number of ketones is 1. The summed E-state index contributed by atoms with van der Waals surface area (Å²) in [6.07, 6.45) is 1.82. The Morgan fingerprint density at radius 3 is 2.62 bits per heavy atom. The van der Waals surface area contributed by atoms with Gasteiger partial charge in [-0.05, 0) is 53.6 Å². The van der Waals surface area contributed by atoms with Crippen molar-refractivity contribution in [1.29, 1.82) is 0 Å². The fourth-order valence-electron chi connectivity index (χ4n) is 3.12. The molecule has 1 heterocycles. The number of carbonyl (C=O) groups is 1. The van der Waals surface area contributed by atoms with Crippen LogP contribution in [0.15, 0.2) is 72.3 Å². The van der Waals surface area contributed by atoms with Crippen molar-refractivity contribution in [3.8, 4) is 17.2 Å². The topological polar surface area (TPSA) is 44.8 Å². The van der Waals surface area contributed by atoms with Gasteiger partial charge < -0.3 is 14.2 Å². The van der Waals surface area contributed by atoms with Crippen LogP contribution >= 0.6 is 11.6 Å². The number of carbonyl (C=O) groups excluding carboxylic acids is 1. The quantitative estimate of drug-likeness (QED) is 0.518. The molecule has 0 bridgehead atoms. The zero-order valence-corrected chi connectivity index (χ0v) is 16.6. The Labute approximate surface area is 174 Å². The molecule has 3 aromatic rings. The lowest BCUT2D eigenvalue weighted by Crippen LogP contribution is -2.18. The average Bonchev–Trinajstić information content (AvgIpc) is 2.76. The van der Waals surface area contributed by atoms with Crippen LogP contribution in [0.3, 0.4) is 0 Å². The molecule has 0 N–H and O–H groups in total. The van der Waals surface area contributed by atoms with Crippen LogP contribution < -0.4 is 14.2 Å². The van der Waals surface area contributed by atoms with Crippen molar-refractivity contribution in [1.82, 2.24) is 0 Å². The van der Waals surface area contributed by atoms with Crippen LogP contribution in [0.5, 0.6) is 17.2 Å². The number of ether oxygens (including phenoxy) is 3. The predicted molar refractivity (Wildman–Crippen MR) is 113 cm³/mol. The Morgan fingerprint density at radius 1 is 1.03 bits per heavy atom. The minimum atomic E-state index is -0.0196. The number of halogens is 1. The molecule has 5 heteroatoms. The van der Waals surface area contributed by atoms with Crippen molar-refractivity contribution in [2.45, 2.75) is 6.61 Å². The minimum absolute atomic E-state index is 0.0196. The summed E-state index contributed by atoms with van der Waals surface area (Å²) >= 11 is 5.91. The lowest BCUT2D eigenvalue weighted by molar-refractivity contribution is 0.100. The molecule has 1 aliphatic heterocycles. The monoisotopic (exact) mass is 406 g/mol. The maximum atomic E-state index is 12.7. The molecule has 1 aliphatic rings. The average molecular weight is 407 g/mol. The smallest absolute Gasteiger partial charge is 0.196 e. The molecule has 0 aromatic heterocycles. The van der Waals surface area contributed by atoms with Crippen LogP contribution in [0.4, 0.5) is 0 Å². The summed E-state index contributed by atoms with van der Waals surface area (Å²) in [6, 6.07) is 20.3. The number of fused-ring (bicyclic) bond motifs is 1. The summed E-state index contributed by atoms with van der Waals surface area (Å²) in [5.74, 6) is 1.83. The minimum Gasteiger partial charge on any atom is -0.493 e. The highest BCUT2D eigenvalue weighted by Gasteiger charge is 2.22. The highest BCUT2D eigenvalue weighted by Crippen LogP contribution is 2.32. The molecule has 0 saturated carbocycles. The Kier molecular flexibility index (Phi) is 5.54. The molecule has 0 aliphatic carbocycles. The van der Waals surface area contributed by atoms with E-state index in [0.717, 1.165) is 11.1 Å². The van der Waals surface area contributed by atoms with E-state index in [2.05, 4.69) is 0 Å². The zero-order chi connectivity index (χ0) is 20.2. The lowest BCUT2D eigenvalue weighted by Gasteiger charge is -2.18. The number of rotatable bonds is 5. The summed E-state index contributed by atoms with van der Waals surface area (Å²) in [4.78, 5) is 12.7. The van der Waals surface area contributed by atoms with E-state index in [0.29, 0.717) is 40.0 Å². The standard InChI is InChI=1S/C24H19ClO4/c1-27-23-13-17(8-11-22(23)28-14-16-6-9-19(25)10-7-16)12-18-15-29-21-5-3-2-4-20(21)24(18)26/h2-13H,14-15H2,1H3/b18-12-. The van der Waals surface area contributed by atoms with Crippen molar-refractivity contribution in [3.05, 3.63) is 94.0 Å². The van der Waals surface area contributed by atoms with Gasteiger partial charge in [0.25, 0.3) is 0 Å². The first-order valence-electron chi connectivity index (χ1n) is 9.16. The van der Waals surface area contributed by atoms with Crippen molar-refractivity contribution in [3.63, 3.8) is 0 Å². The van der Waals surface area contributed by atoms with Crippen molar-refractivity contribution < 1.29 is 19.0 Å². The van der Waals surface area contributed by atoms with Gasteiger partial charge in [-0.3, -0.25) is 4.79 Å². The Hall–Kier alpha value is -3.24. The number of hydrogen-bond donors (Lipinski definition) is 0. The maximum absolute atomic E-state index is 12.7. The van der Waals surface area contributed by atoms with Gasteiger partial charge in [0.1, 0.15) is 19.0 Å². The van der Waals surface area contributed by atoms with Crippen LogP contribution in [0.1, 0.15) is 21.5 Å². The molecule has 4 rings (SSSR count). The van der Waals surface area contributed by atoms with Crippen LogP contribution in [-0.4, -0.2) is 19.5 Å². The van der Waals surface area contributed by atoms with Gasteiger partial charge >= 0.3 is 0 Å². The molecule has 0 radical (unpaired) electrons. The van der Waals surface area contributed by atoms with Gasteiger partial charge in [-0.15, -0.1) is 0 Å². The summed E-state index contributed by atoms with van der Waals surface area (Å²) in [5.41, 5.74) is 3.03. The number of methoxy groups -OCH3 is 1. The fraction of sp³-hybridized carbons (Fsp3) is 0.125. The highest BCUT2D eigenvalue weighted by molar-refractivity contribution is 6.30. The van der Waals surface area contributed by atoms with E-state index in [9.17, 15) is 4.79 Å². The Bertz CT molecular complexity index is 1070. The highest BCUT2D eigenvalue weighted by atomic mass is 35.5. The van der Waals surface area contributed by atoms with E-state index in [4.69, 9.17) is 25.8 Å². The summed E-state index contributed by atoms with van der Waals surface area (Å²) < 4.78 is 17.1. The molecule has 0 amide bonds. The van der Waals surface area contributed by atoms with Gasteiger partial charge in [0.05, 0.1) is 12.7 Å². The second kappa shape index (κ2) is 8.41. The summed E-state index contributed by atoms with van der Waals surface area (Å²) in [7, 11) is 1.59. The fourth-order valence-corrected chi connectivity index (χ4v) is 3.24. The van der Waals surface area contributed by atoms with Crippen LogP contribution in [0, 0.1) is 0 Å². The molecule has 0 fully saturated rings. The predicted octanol–water partition coefficient (Wildman–Crippen LogP) is 5.59. The Balaban J connectivity index is 1.53. The number of Topliss-reactive ketones (excluding diaryl/α,β-unsaturated/α-hetero) is 1. The van der Waals surface area contributed by atoms with E-state index in [-0.39, 0.29) is 12.4 Å². The van der Waals surface area contributed by atoms with Gasteiger partial charge in [0.2, 0.25) is 0 Å². The van der Waals surface area contributed by atoms with Gasteiger partial charge in [-0.1, -0.05) is 41.9 Å². The van der Waals surface area contributed by atoms with Crippen molar-refractivity contribution in [2.75, 3.05) is 13.7 Å². The van der Waals surface area contributed by atoms with E-state index >= 15 is 0 Å². The molecule has 0 atom stereocenters. The first-order valence-corrected chi connectivity index (χ1v) is 9.54. The molecule has 3 aromatic carbocycles. The molecular weight excluding hydrogens is 388 g/mol. The lowest BCUT2D eigenvalue weighted by atomic mass is 9.98. The second-order valence-electron chi connectivity index (χ2n) is 6.61. The van der Waals surface area contributed by atoms with Crippen molar-refractivity contribution >= 4 is 23.5 Å². The molecular formula is C24H19ClO4. The number of hydrogen-bond acceptors (Lipinski definition) is 4. The van der Waals surface area contributed by atoms with Crippen LogP contribution in [-0.2, 0) is 6.61 Å². The Morgan fingerprint density at radius 2 is 1.83 bits per heavy atom. The first kappa shape index (κ1) is 19.1. The zero-order valence-electron chi connectivity index (χ0n) is 15.9. The third-order valence-electron chi connectivity index (χ3n) is 4.64.